The Labute approximate surface area is 155 Å². The Morgan fingerprint density at radius 1 is 1.20 bits per heavy atom. The van der Waals surface area contributed by atoms with Gasteiger partial charge >= 0.3 is 5.97 Å². The molecule has 0 saturated heterocycles. The van der Waals surface area contributed by atoms with E-state index in [2.05, 4.69) is 4.74 Å². The van der Waals surface area contributed by atoms with E-state index in [0.717, 1.165) is 12.1 Å². The number of rotatable bonds is 4. The molecule has 0 unspecified atom stereocenters. The SMILES string of the molecule is COC(=O)c1ccccc1/C=C(\C#N)S(=O)(=O)c1cc(Cl)ccc1Cl. The van der Waals surface area contributed by atoms with Crippen LogP contribution in [-0.4, -0.2) is 21.5 Å². The molecule has 0 amide bonds. The molecule has 0 fully saturated rings. The Balaban J connectivity index is 2.65. The summed E-state index contributed by atoms with van der Waals surface area (Å²) in [6.07, 6.45) is 1.10. The van der Waals surface area contributed by atoms with Gasteiger partial charge in [0.1, 0.15) is 11.0 Å². The molecule has 0 aliphatic heterocycles. The Morgan fingerprint density at radius 3 is 2.52 bits per heavy atom. The van der Waals surface area contributed by atoms with Crippen LogP contribution < -0.4 is 0 Å². The van der Waals surface area contributed by atoms with Crippen LogP contribution in [0.3, 0.4) is 0 Å². The van der Waals surface area contributed by atoms with E-state index in [4.69, 9.17) is 23.2 Å². The Morgan fingerprint density at radius 2 is 1.88 bits per heavy atom. The Hall–Kier alpha value is -2.33. The van der Waals surface area contributed by atoms with Crippen LogP contribution in [0.2, 0.25) is 10.0 Å². The van der Waals surface area contributed by atoms with Gasteiger partial charge in [0.25, 0.3) is 0 Å². The summed E-state index contributed by atoms with van der Waals surface area (Å²) in [7, 11) is -3.02. The average Bonchev–Trinajstić information content (AvgIpc) is 2.61. The number of allylic oxidation sites excluding steroid dienone is 1. The van der Waals surface area contributed by atoms with Crippen LogP contribution in [0.4, 0.5) is 0 Å². The molecule has 0 bridgehead atoms. The predicted molar refractivity (Wildman–Crippen MR) is 95.0 cm³/mol. The van der Waals surface area contributed by atoms with E-state index in [1.165, 1.54) is 31.4 Å². The molecule has 0 radical (unpaired) electrons. The number of halogens is 2. The van der Waals surface area contributed by atoms with Gasteiger partial charge in [-0.2, -0.15) is 5.26 Å². The van der Waals surface area contributed by atoms with Gasteiger partial charge in [0.15, 0.2) is 0 Å². The highest BCUT2D eigenvalue weighted by Gasteiger charge is 2.25. The molecule has 0 aliphatic rings. The second-order valence-electron chi connectivity index (χ2n) is 4.78. The van der Waals surface area contributed by atoms with Crippen molar-refractivity contribution in [3.8, 4) is 6.07 Å². The Kier molecular flexibility index (Phi) is 5.85. The van der Waals surface area contributed by atoms with Gasteiger partial charge in [-0.05, 0) is 35.9 Å². The van der Waals surface area contributed by atoms with Crippen molar-refractivity contribution in [2.24, 2.45) is 0 Å². The van der Waals surface area contributed by atoms with Gasteiger partial charge in [0.05, 0.1) is 22.6 Å². The van der Waals surface area contributed by atoms with E-state index in [1.54, 1.807) is 18.2 Å². The topological polar surface area (TPSA) is 84.2 Å². The Bertz CT molecular complexity index is 1010. The van der Waals surface area contributed by atoms with E-state index >= 15 is 0 Å². The van der Waals surface area contributed by atoms with Crippen LogP contribution in [0.5, 0.6) is 0 Å². The van der Waals surface area contributed by atoms with E-state index in [1.807, 2.05) is 0 Å². The number of hydrogen-bond donors (Lipinski definition) is 0. The zero-order valence-electron chi connectivity index (χ0n) is 12.9. The summed E-state index contributed by atoms with van der Waals surface area (Å²) in [5.74, 6) is -0.651. The molecule has 0 spiro atoms. The van der Waals surface area contributed by atoms with E-state index in [-0.39, 0.29) is 26.1 Å². The highest BCUT2D eigenvalue weighted by molar-refractivity contribution is 7.95. The smallest absolute Gasteiger partial charge is 0.338 e. The van der Waals surface area contributed by atoms with Gasteiger partial charge in [-0.1, -0.05) is 41.4 Å². The zero-order valence-corrected chi connectivity index (χ0v) is 15.2. The quantitative estimate of drug-likeness (QED) is 0.574. The first-order valence-corrected chi connectivity index (χ1v) is 9.04. The minimum Gasteiger partial charge on any atom is -0.465 e. The molecule has 8 heteroatoms. The largest absolute Gasteiger partial charge is 0.465 e. The van der Waals surface area contributed by atoms with Crippen LogP contribution >= 0.6 is 23.2 Å². The summed E-state index contributed by atoms with van der Waals surface area (Å²) in [6.45, 7) is 0. The molecular formula is C17H11Cl2NO4S. The minimum atomic E-state index is -4.22. The van der Waals surface area contributed by atoms with Crippen molar-refractivity contribution in [1.82, 2.24) is 0 Å². The standard InChI is InChI=1S/C17H11Cl2NO4S/c1-24-17(21)14-5-3-2-4-11(14)8-13(10-20)25(22,23)16-9-12(18)6-7-15(16)19/h2-9H,1H3/b13-8+. The number of ether oxygens (including phenoxy) is 1. The highest BCUT2D eigenvalue weighted by atomic mass is 35.5. The van der Waals surface area contributed by atoms with E-state index in [9.17, 15) is 18.5 Å². The molecule has 2 aromatic carbocycles. The van der Waals surface area contributed by atoms with Crippen molar-refractivity contribution >= 4 is 45.1 Å². The number of carbonyl (C=O) groups excluding carboxylic acids is 1. The summed E-state index contributed by atoms with van der Waals surface area (Å²) in [5.41, 5.74) is 0.359. The van der Waals surface area contributed by atoms with E-state index in [0.29, 0.717) is 0 Å². The number of nitrogens with zero attached hydrogens (tertiary/aromatic N) is 1. The van der Waals surface area contributed by atoms with Gasteiger partial charge in [-0.15, -0.1) is 0 Å². The number of benzene rings is 2. The highest BCUT2D eigenvalue weighted by Crippen LogP contribution is 2.30. The van der Waals surface area contributed by atoms with Gasteiger partial charge in [-0.3, -0.25) is 0 Å². The minimum absolute atomic E-state index is 0.0631. The van der Waals surface area contributed by atoms with Crippen LogP contribution in [0.25, 0.3) is 6.08 Å². The van der Waals surface area contributed by atoms with Crippen molar-refractivity contribution < 1.29 is 17.9 Å². The summed E-state index contributed by atoms with van der Waals surface area (Å²) < 4.78 is 30.1. The maximum absolute atomic E-state index is 12.7. The molecular weight excluding hydrogens is 385 g/mol. The fraction of sp³-hybridized carbons (Fsp3) is 0.0588. The van der Waals surface area contributed by atoms with Crippen molar-refractivity contribution in [3.05, 3.63) is 68.5 Å². The summed E-state index contributed by atoms with van der Waals surface area (Å²) in [6, 6.07) is 11.7. The monoisotopic (exact) mass is 395 g/mol. The molecule has 0 atom stereocenters. The lowest BCUT2D eigenvalue weighted by atomic mass is 10.1. The summed E-state index contributed by atoms with van der Waals surface area (Å²) >= 11 is 11.8. The molecule has 128 valence electrons. The van der Waals surface area contributed by atoms with Crippen molar-refractivity contribution in [2.75, 3.05) is 7.11 Å². The van der Waals surface area contributed by atoms with Crippen molar-refractivity contribution in [1.29, 1.82) is 5.26 Å². The number of carbonyl (C=O) groups is 1. The fourth-order valence-corrected chi connectivity index (χ4v) is 3.94. The van der Waals surface area contributed by atoms with Gasteiger partial charge < -0.3 is 4.74 Å². The third-order valence-corrected chi connectivity index (χ3v) is 5.62. The number of hydrogen-bond acceptors (Lipinski definition) is 5. The zero-order chi connectivity index (χ0) is 18.6. The predicted octanol–water partition coefficient (Wildman–Crippen LogP) is 4.12. The van der Waals surface area contributed by atoms with Crippen LogP contribution in [0, 0.1) is 11.3 Å². The number of methoxy groups -OCH3 is 1. The molecule has 25 heavy (non-hydrogen) atoms. The van der Waals surface area contributed by atoms with Crippen molar-refractivity contribution in [3.63, 3.8) is 0 Å². The second kappa shape index (κ2) is 7.70. The average molecular weight is 396 g/mol. The lowest BCUT2D eigenvalue weighted by molar-refractivity contribution is 0.0600. The molecule has 2 aromatic rings. The number of sulfone groups is 1. The molecule has 0 aliphatic carbocycles. The lowest BCUT2D eigenvalue weighted by Gasteiger charge is -2.08. The molecule has 0 N–H and O–H groups in total. The third kappa shape index (κ3) is 4.02. The van der Waals surface area contributed by atoms with Crippen LogP contribution in [0.1, 0.15) is 15.9 Å². The van der Waals surface area contributed by atoms with Gasteiger partial charge in [0, 0.05) is 5.02 Å². The van der Waals surface area contributed by atoms with Crippen LogP contribution in [0.15, 0.2) is 52.3 Å². The molecule has 0 aromatic heterocycles. The normalized spacial score (nSPS) is 11.7. The molecule has 0 heterocycles. The first-order valence-electron chi connectivity index (χ1n) is 6.80. The first kappa shape index (κ1) is 19.0. The maximum atomic E-state index is 12.7. The molecule has 0 saturated carbocycles. The van der Waals surface area contributed by atoms with Crippen molar-refractivity contribution in [2.45, 2.75) is 4.90 Å². The molecule has 5 nitrogen and oxygen atoms in total. The fourth-order valence-electron chi connectivity index (χ4n) is 2.03. The van der Waals surface area contributed by atoms with Gasteiger partial charge in [0.2, 0.25) is 9.84 Å². The number of esters is 1. The summed E-state index contributed by atoms with van der Waals surface area (Å²) in [5, 5.41) is 9.44. The van der Waals surface area contributed by atoms with E-state index < -0.39 is 20.7 Å². The summed E-state index contributed by atoms with van der Waals surface area (Å²) in [4.78, 5) is 10.9. The second-order valence-corrected chi connectivity index (χ2v) is 7.51. The number of nitriles is 1. The molecule has 2 rings (SSSR count). The van der Waals surface area contributed by atoms with Crippen LogP contribution in [-0.2, 0) is 14.6 Å². The third-order valence-electron chi connectivity index (χ3n) is 3.24. The maximum Gasteiger partial charge on any atom is 0.338 e. The lowest BCUT2D eigenvalue weighted by Crippen LogP contribution is -2.07. The van der Waals surface area contributed by atoms with Gasteiger partial charge in [-0.25, -0.2) is 13.2 Å². The first-order chi connectivity index (χ1) is 11.8.